The quantitative estimate of drug-likeness (QED) is 0.721. The van der Waals surface area contributed by atoms with Crippen LogP contribution < -0.4 is 14.4 Å². The van der Waals surface area contributed by atoms with Crippen molar-refractivity contribution >= 4 is 22.2 Å². The Bertz CT molecular complexity index is 912. The molecule has 2 N–H and O–H groups in total. The monoisotopic (exact) mass is 392 g/mol. The lowest BCUT2D eigenvalue weighted by Crippen LogP contribution is -2.53. The zero-order valence-corrected chi connectivity index (χ0v) is 15.5. The van der Waals surface area contributed by atoms with E-state index in [0.29, 0.717) is 43.2 Å². The van der Waals surface area contributed by atoms with E-state index in [1.807, 2.05) is 4.90 Å². The summed E-state index contributed by atoms with van der Waals surface area (Å²) in [7, 11) is -3.16. The first-order chi connectivity index (χ1) is 12.8. The molecule has 1 aliphatic heterocycles. The standard InChI is InChI=1S/C17H20N4O5S/c1-26-14-5-2-4-13(12-14)17(15(22)20-27(23,24)25)6-10-21(11-7-17)16-18-8-3-9-19-16/h2-5,8-9,12H,6-7,10-11H2,1H3,(H,20,22)(H,23,24,25). The summed E-state index contributed by atoms with van der Waals surface area (Å²) in [6.07, 6.45) is 3.91. The molecule has 0 aliphatic carbocycles. The number of nitrogens with one attached hydrogen (secondary N) is 1. The van der Waals surface area contributed by atoms with E-state index in [4.69, 9.17) is 9.29 Å². The average molecular weight is 392 g/mol. The van der Waals surface area contributed by atoms with Crippen LogP contribution in [0.1, 0.15) is 18.4 Å². The molecule has 0 bridgehead atoms. The lowest BCUT2D eigenvalue weighted by molar-refractivity contribution is -0.125. The van der Waals surface area contributed by atoms with Crippen LogP contribution in [0, 0.1) is 0 Å². The predicted molar refractivity (Wildman–Crippen MR) is 97.8 cm³/mol. The lowest BCUT2D eigenvalue weighted by atomic mass is 9.72. The van der Waals surface area contributed by atoms with E-state index in [1.54, 1.807) is 47.4 Å². The second-order valence-corrected chi connectivity index (χ2v) is 7.41. The molecule has 0 atom stereocenters. The van der Waals surface area contributed by atoms with E-state index in [2.05, 4.69) is 9.97 Å². The fourth-order valence-electron chi connectivity index (χ4n) is 3.33. The molecule has 1 saturated heterocycles. The summed E-state index contributed by atoms with van der Waals surface area (Å²) >= 11 is 0. The van der Waals surface area contributed by atoms with Gasteiger partial charge in [0, 0.05) is 25.5 Å². The van der Waals surface area contributed by atoms with E-state index in [-0.39, 0.29) is 0 Å². The van der Waals surface area contributed by atoms with Crippen molar-refractivity contribution in [1.82, 2.24) is 14.7 Å². The first-order valence-electron chi connectivity index (χ1n) is 8.30. The average Bonchev–Trinajstić information content (AvgIpc) is 2.67. The van der Waals surface area contributed by atoms with Gasteiger partial charge in [-0.05, 0) is 36.6 Å². The first-order valence-corrected chi connectivity index (χ1v) is 9.74. The largest absolute Gasteiger partial charge is 0.497 e. The van der Waals surface area contributed by atoms with Crippen LogP contribution in [0.4, 0.5) is 5.95 Å². The number of carbonyl (C=O) groups excluding carboxylic acids is 1. The molecular formula is C17H20N4O5S. The third-order valence-corrected chi connectivity index (χ3v) is 5.17. The van der Waals surface area contributed by atoms with Gasteiger partial charge in [0.2, 0.25) is 11.9 Å². The Morgan fingerprint density at radius 2 is 1.89 bits per heavy atom. The van der Waals surface area contributed by atoms with Crippen LogP contribution in [0.25, 0.3) is 0 Å². The smallest absolute Gasteiger partial charge is 0.359 e. The zero-order chi connectivity index (χ0) is 19.5. The molecule has 10 heteroatoms. The van der Waals surface area contributed by atoms with Crippen LogP contribution >= 0.6 is 0 Å². The number of carbonyl (C=O) groups is 1. The van der Waals surface area contributed by atoms with Gasteiger partial charge in [0.05, 0.1) is 12.5 Å². The number of anilines is 1. The number of ether oxygens (including phenoxy) is 1. The minimum atomic E-state index is -4.67. The van der Waals surface area contributed by atoms with Crippen LogP contribution in [0.3, 0.4) is 0 Å². The van der Waals surface area contributed by atoms with Crippen molar-refractivity contribution in [3.63, 3.8) is 0 Å². The molecule has 1 aromatic heterocycles. The Balaban J connectivity index is 1.93. The normalized spacial score (nSPS) is 16.6. The fourth-order valence-corrected chi connectivity index (χ4v) is 3.76. The molecule has 27 heavy (non-hydrogen) atoms. The summed E-state index contributed by atoms with van der Waals surface area (Å²) in [6.45, 7) is 0.889. The number of benzene rings is 1. The van der Waals surface area contributed by atoms with Gasteiger partial charge in [-0.1, -0.05) is 12.1 Å². The summed E-state index contributed by atoms with van der Waals surface area (Å²) in [5.41, 5.74) is -0.507. The number of methoxy groups -OCH3 is 1. The van der Waals surface area contributed by atoms with Crippen molar-refractivity contribution in [2.45, 2.75) is 18.3 Å². The molecule has 0 unspecified atom stereocenters. The van der Waals surface area contributed by atoms with E-state index in [1.165, 1.54) is 7.11 Å². The minimum absolute atomic E-state index is 0.319. The van der Waals surface area contributed by atoms with Gasteiger partial charge < -0.3 is 9.64 Å². The molecule has 2 aromatic rings. The van der Waals surface area contributed by atoms with Crippen molar-refractivity contribution in [1.29, 1.82) is 0 Å². The Morgan fingerprint density at radius 1 is 1.22 bits per heavy atom. The third-order valence-electron chi connectivity index (χ3n) is 4.73. The number of aromatic nitrogens is 2. The summed E-state index contributed by atoms with van der Waals surface area (Å²) in [5.74, 6) is 0.333. The van der Waals surface area contributed by atoms with Crippen LogP contribution in [-0.4, -0.2) is 49.0 Å². The van der Waals surface area contributed by atoms with E-state index >= 15 is 0 Å². The molecule has 0 radical (unpaired) electrons. The van der Waals surface area contributed by atoms with Crippen molar-refractivity contribution in [3.8, 4) is 5.75 Å². The van der Waals surface area contributed by atoms with Crippen LogP contribution in [-0.2, 0) is 20.5 Å². The number of hydrogen-bond donors (Lipinski definition) is 2. The van der Waals surface area contributed by atoms with Crippen molar-refractivity contribution in [3.05, 3.63) is 48.3 Å². The van der Waals surface area contributed by atoms with Gasteiger partial charge >= 0.3 is 10.3 Å². The molecule has 2 heterocycles. The summed E-state index contributed by atoms with van der Waals surface area (Å²) in [4.78, 5) is 23.2. The number of nitrogens with zero attached hydrogens (tertiary/aromatic N) is 3. The Morgan fingerprint density at radius 3 is 2.48 bits per heavy atom. The first kappa shape index (κ1) is 19.1. The second-order valence-electron chi connectivity index (χ2n) is 6.26. The van der Waals surface area contributed by atoms with Crippen LogP contribution in [0.5, 0.6) is 5.75 Å². The van der Waals surface area contributed by atoms with Crippen molar-refractivity contribution in [2.75, 3.05) is 25.1 Å². The Labute approximate surface area is 157 Å². The number of rotatable bonds is 5. The molecule has 3 rings (SSSR count). The van der Waals surface area contributed by atoms with Gasteiger partial charge in [0.25, 0.3) is 0 Å². The van der Waals surface area contributed by atoms with E-state index in [9.17, 15) is 13.2 Å². The highest BCUT2D eigenvalue weighted by Gasteiger charge is 2.44. The van der Waals surface area contributed by atoms with Crippen LogP contribution in [0.15, 0.2) is 42.7 Å². The topological polar surface area (TPSA) is 122 Å². The summed E-state index contributed by atoms with van der Waals surface area (Å²) in [5, 5.41) is 0. The van der Waals surface area contributed by atoms with Gasteiger partial charge in [0.15, 0.2) is 0 Å². The maximum Gasteiger partial charge on any atom is 0.359 e. The highest BCUT2D eigenvalue weighted by atomic mass is 32.2. The number of piperidine rings is 1. The zero-order valence-electron chi connectivity index (χ0n) is 14.7. The van der Waals surface area contributed by atoms with Gasteiger partial charge in [-0.25, -0.2) is 14.7 Å². The van der Waals surface area contributed by atoms with E-state index < -0.39 is 21.6 Å². The molecule has 144 valence electrons. The molecule has 1 aliphatic rings. The number of hydrogen-bond acceptors (Lipinski definition) is 7. The molecule has 1 aromatic carbocycles. The second kappa shape index (κ2) is 7.49. The maximum absolute atomic E-state index is 12.8. The van der Waals surface area contributed by atoms with Crippen LogP contribution in [0.2, 0.25) is 0 Å². The van der Waals surface area contributed by atoms with Crippen molar-refractivity contribution in [2.24, 2.45) is 0 Å². The van der Waals surface area contributed by atoms with Gasteiger partial charge in [-0.3, -0.25) is 9.35 Å². The highest BCUT2D eigenvalue weighted by molar-refractivity contribution is 7.84. The predicted octanol–water partition coefficient (Wildman–Crippen LogP) is 0.942. The fraction of sp³-hybridized carbons (Fsp3) is 0.353. The molecule has 1 fully saturated rings. The van der Waals surface area contributed by atoms with E-state index in [0.717, 1.165) is 0 Å². The molecular weight excluding hydrogens is 372 g/mol. The van der Waals surface area contributed by atoms with Gasteiger partial charge in [0.1, 0.15) is 5.75 Å². The van der Waals surface area contributed by atoms with Crippen molar-refractivity contribution < 1.29 is 22.5 Å². The maximum atomic E-state index is 12.8. The Hall–Kier alpha value is -2.72. The van der Waals surface area contributed by atoms with Gasteiger partial charge in [-0.2, -0.15) is 8.42 Å². The molecule has 0 saturated carbocycles. The summed E-state index contributed by atoms with van der Waals surface area (Å²) in [6, 6.07) is 8.65. The summed E-state index contributed by atoms with van der Waals surface area (Å²) < 4.78 is 38.5. The lowest BCUT2D eigenvalue weighted by Gasteiger charge is -2.40. The number of amides is 1. The third kappa shape index (κ3) is 4.17. The molecule has 1 amide bonds. The SMILES string of the molecule is COc1cccc(C2(C(=O)NS(=O)(=O)O)CCN(c3ncccn3)CC2)c1. The van der Waals surface area contributed by atoms with Gasteiger partial charge in [-0.15, -0.1) is 0 Å². The minimum Gasteiger partial charge on any atom is -0.497 e. The molecule has 9 nitrogen and oxygen atoms in total. The molecule has 0 spiro atoms. The Kier molecular flexibility index (Phi) is 5.29. The highest BCUT2D eigenvalue weighted by Crippen LogP contribution is 2.38.